The lowest BCUT2D eigenvalue weighted by molar-refractivity contribution is -0.139. The van der Waals surface area contributed by atoms with Crippen molar-refractivity contribution >= 4 is 33.1 Å². The number of hydrogen-bond acceptors (Lipinski definition) is 5. The minimum absolute atomic E-state index is 0.0643. The van der Waals surface area contributed by atoms with Crippen LogP contribution in [0.15, 0.2) is 0 Å². The fraction of sp³-hybridized carbons (Fsp3) is 0.882. The highest BCUT2D eigenvalue weighted by Crippen LogP contribution is 2.14. The van der Waals surface area contributed by atoms with Crippen molar-refractivity contribution in [1.29, 1.82) is 0 Å². The lowest BCUT2D eigenvalue weighted by Crippen LogP contribution is -2.30. The number of nitrogens with one attached hydrogen (secondary N) is 3. The Morgan fingerprint density at radius 2 is 0.773 bits per heavy atom. The van der Waals surface area contributed by atoms with Gasteiger partial charge in [-0.1, -0.05) is 119 Å². The number of unbranched alkanes of at least 4 members (excludes halogenated alkanes) is 20. The van der Waals surface area contributed by atoms with Crippen LogP contribution in [-0.2, 0) is 19.2 Å². The lowest BCUT2D eigenvalue weighted by Gasteiger charge is -2.10. The predicted molar refractivity (Wildman–Crippen MR) is 183 cm³/mol. The third-order valence-electron chi connectivity index (χ3n) is 8.19. The van der Waals surface area contributed by atoms with Crippen LogP contribution in [0.4, 0.5) is 0 Å². The first kappa shape index (κ1) is 42.3. The number of carbonyl (C=O) groups is 4. The second-order valence-electron chi connectivity index (χ2n) is 12.3. The monoisotopic (exact) mass is 643 g/mol. The van der Waals surface area contributed by atoms with E-state index >= 15 is 0 Å². The number of aliphatic carboxylic acids is 2. The summed E-state index contributed by atoms with van der Waals surface area (Å²) >= 11 is 0. The van der Waals surface area contributed by atoms with Crippen LogP contribution in [0.25, 0.3) is 0 Å². The predicted octanol–water partition coefficient (Wildman–Crippen LogP) is 7.67. The maximum absolute atomic E-state index is 12.0. The first-order chi connectivity index (χ1) is 21.4. The SMILES string of the molecule is O=C(O)CCCCCCCCCCCCCCCCCCC(=O)NCCCCCCCC(=O)NCCCC[C@H](NP)C(=O)O. The van der Waals surface area contributed by atoms with Gasteiger partial charge in [0.15, 0.2) is 0 Å². The second kappa shape index (κ2) is 32.7. The van der Waals surface area contributed by atoms with Gasteiger partial charge in [0.2, 0.25) is 11.8 Å². The summed E-state index contributed by atoms with van der Waals surface area (Å²) in [5.74, 6) is -1.30. The van der Waals surface area contributed by atoms with Crippen molar-refractivity contribution in [3.63, 3.8) is 0 Å². The van der Waals surface area contributed by atoms with Crippen LogP contribution in [0.1, 0.15) is 173 Å². The van der Waals surface area contributed by atoms with E-state index in [1.165, 1.54) is 77.0 Å². The van der Waals surface area contributed by atoms with Gasteiger partial charge in [-0.25, -0.2) is 0 Å². The van der Waals surface area contributed by atoms with E-state index in [1.54, 1.807) is 0 Å². The number of rotatable bonds is 34. The molecule has 2 amide bonds. The zero-order valence-corrected chi connectivity index (χ0v) is 28.8. The second-order valence-corrected chi connectivity index (χ2v) is 12.7. The Hall–Kier alpha value is -1.73. The molecule has 0 spiro atoms. The Morgan fingerprint density at radius 1 is 0.455 bits per heavy atom. The Balaban J connectivity index is 3.30. The van der Waals surface area contributed by atoms with Gasteiger partial charge in [-0.2, -0.15) is 0 Å². The van der Waals surface area contributed by atoms with Crippen molar-refractivity contribution in [3.8, 4) is 0 Å². The number of carbonyl (C=O) groups excluding carboxylic acids is 2. The van der Waals surface area contributed by atoms with Crippen LogP contribution in [0.2, 0.25) is 0 Å². The zero-order valence-electron chi connectivity index (χ0n) is 27.7. The van der Waals surface area contributed by atoms with Crippen LogP contribution in [-0.4, -0.2) is 53.1 Å². The van der Waals surface area contributed by atoms with E-state index in [2.05, 4.69) is 25.1 Å². The Kier molecular flexibility index (Phi) is 31.4. The smallest absolute Gasteiger partial charge is 0.320 e. The molecule has 0 aromatic heterocycles. The molecule has 0 aromatic carbocycles. The average molecular weight is 644 g/mol. The van der Waals surface area contributed by atoms with Gasteiger partial charge in [0.05, 0.1) is 0 Å². The fourth-order valence-corrected chi connectivity index (χ4v) is 5.67. The molecule has 0 aromatic rings. The van der Waals surface area contributed by atoms with Gasteiger partial charge >= 0.3 is 11.9 Å². The maximum Gasteiger partial charge on any atom is 0.320 e. The van der Waals surface area contributed by atoms with Gasteiger partial charge in [0.25, 0.3) is 0 Å². The van der Waals surface area contributed by atoms with E-state index in [-0.39, 0.29) is 11.8 Å². The molecule has 0 aliphatic heterocycles. The molecule has 9 nitrogen and oxygen atoms in total. The molecule has 0 radical (unpaired) electrons. The molecule has 5 N–H and O–H groups in total. The summed E-state index contributed by atoms with van der Waals surface area (Å²) in [5, 5.41) is 26.2. The molecule has 44 heavy (non-hydrogen) atoms. The molecule has 0 fully saturated rings. The van der Waals surface area contributed by atoms with Crippen LogP contribution in [0, 0.1) is 0 Å². The molecule has 0 aliphatic rings. The van der Waals surface area contributed by atoms with Gasteiger partial charge in [-0.05, 0) is 44.9 Å². The Morgan fingerprint density at radius 3 is 1.11 bits per heavy atom. The molecule has 0 bridgehead atoms. The van der Waals surface area contributed by atoms with Crippen molar-refractivity contribution < 1.29 is 29.4 Å². The molecule has 0 heterocycles. The number of hydrogen-bond donors (Lipinski definition) is 5. The number of amides is 2. The summed E-state index contributed by atoms with van der Waals surface area (Å²) in [6.07, 6.45) is 28.0. The minimum atomic E-state index is -0.857. The molecule has 1 unspecified atom stereocenters. The van der Waals surface area contributed by atoms with Crippen molar-refractivity contribution in [2.45, 2.75) is 179 Å². The Bertz CT molecular complexity index is 725. The van der Waals surface area contributed by atoms with Gasteiger partial charge < -0.3 is 20.8 Å². The van der Waals surface area contributed by atoms with Crippen LogP contribution in [0.5, 0.6) is 0 Å². The standard InChI is InChI=1S/C34H66N3O6P/c38-31(25-18-14-11-9-7-5-3-1-2-4-6-8-10-12-16-20-27-33(40)41)35-28-22-17-13-15-19-26-32(39)36-29-23-21-24-30(37-44)34(42)43/h30,37H,1-29,44H2,(H,35,38)(H,36,39)(H,40,41)(H,42,43)/t30-/m0/s1. The molecular formula is C34H66N3O6P. The van der Waals surface area contributed by atoms with E-state index in [0.717, 1.165) is 77.2 Å². The van der Waals surface area contributed by atoms with E-state index < -0.39 is 18.0 Å². The first-order valence-corrected chi connectivity index (χ1v) is 18.4. The van der Waals surface area contributed by atoms with Crippen LogP contribution >= 0.6 is 9.39 Å². The Labute approximate surface area is 270 Å². The number of carboxylic acids is 2. The molecule has 0 saturated heterocycles. The van der Waals surface area contributed by atoms with Gasteiger partial charge in [0, 0.05) is 32.4 Å². The van der Waals surface area contributed by atoms with E-state index in [1.807, 2.05) is 0 Å². The van der Waals surface area contributed by atoms with Crippen LogP contribution < -0.4 is 15.7 Å². The highest BCUT2D eigenvalue weighted by Gasteiger charge is 2.13. The quantitative estimate of drug-likeness (QED) is 0.0357. The fourth-order valence-electron chi connectivity index (χ4n) is 5.36. The summed E-state index contributed by atoms with van der Waals surface area (Å²) in [4.78, 5) is 45.4. The summed E-state index contributed by atoms with van der Waals surface area (Å²) < 4.78 is 0. The molecule has 0 aliphatic carbocycles. The molecule has 0 rings (SSSR count). The van der Waals surface area contributed by atoms with Gasteiger partial charge in [0.1, 0.15) is 6.04 Å². The van der Waals surface area contributed by atoms with E-state index in [4.69, 9.17) is 10.2 Å². The number of carboxylic acid groups (broad SMARTS) is 2. The third kappa shape index (κ3) is 31.7. The minimum Gasteiger partial charge on any atom is -0.481 e. The summed E-state index contributed by atoms with van der Waals surface area (Å²) in [6, 6.07) is -0.556. The summed E-state index contributed by atoms with van der Waals surface area (Å²) in [7, 11) is 2.24. The average Bonchev–Trinajstić information content (AvgIpc) is 2.99. The summed E-state index contributed by atoms with van der Waals surface area (Å²) in [5.41, 5.74) is 0. The van der Waals surface area contributed by atoms with Gasteiger partial charge in [-0.15, -0.1) is 0 Å². The highest BCUT2D eigenvalue weighted by atomic mass is 31.0. The topological polar surface area (TPSA) is 145 Å². The van der Waals surface area contributed by atoms with Crippen molar-refractivity contribution in [2.24, 2.45) is 0 Å². The maximum atomic E-state index is 12.0. The molecular weight excluding hydrogens is 577 g/mol. The highest BCUT2D eigenvalue weighted by molar-refractivity contribution is 7.13. The largest absolute Gasteiger partial charge is 0.481 e. The molecule has 2 atom stereocenters. The zero-order chi connectivity index (χ0) is 32.5. The van der Waals surface area contributed by atoms with E-state index in [9.17, 15) is 19.2 Å². The first-order valence-electron chi connectivity index (χ1n) is 17.8. The van der Waals surface area contributed by atoms with Gasteiger partial charge in [-0.3, -0.25) is 24.3 Å². The third-order valence-corrected chi connectivity index (χ3v) is 8.59. The molecule has 0 saturated carbocycles. The normalized spacial score (nSPS) is 11.8. The lowest BCUT2D eigenvalue weighted by atomic mass is 10.0. The van der Waals surface area contributed by atoms with Crippen molar-refractivity contribution in [1.82, 2.24) is 15.7 Å². The van der Waals surface area contributed by atoms with E-state index in [0.29, 0.717) is 32.2 Å². The summed E-state index contributed by atoms with van der Waals surface area (Å²) in [6.45, 7) is 1.33. The van der Waals surface area contributed by atoms with Crippen molar-refractivity contribution in [2.75, 3.05) is 13.1 Å². The van der Waals surface area contributed by atoms with Crippen LogP contribution in [0.3, 0.4) is 0 Å². The molecule has 258 valence electrons. The van der Waals surface area contributed by atoms with Crippen molar-refractivity contribution in [3.05, 3.63) is 0 Å². The molecule has 10 heteroatoms.